The highest BCUT2D eigenvalue weighted by atomic mass is 15.2. The van der Waals surface area contributed by atoms with E-state index in [1.165, 1.54) is 62.9 Å². The summed E-state index contributed by atoms with van der Waals surface area (Å²) in [5.74, 6) is 0. The second kappa shape index (κ2) is 3.98. The van der Waals surface area contributed by atoms with Crippen LogP contribution in [-0.2, 0) is 5.41 Å². The molecule has 2 nitrogen and oxygen atoms in total. The molecule has 0 unspecified atom stereocenters. The van der Waals surface area contributed by atoms with Gasteiger partial charge in [-0.05, 0) is 62.1 Å². The first-order valence-electron chi connectivity index (χ1n) is 8.72. The van der Waals surface area contributed by atoms with Crippen LogP contribution in [0.25, 0.3) is 0 Å². The third-order valence-electron chi connectivity index (χ3n) is 7.05. The van der Waals surface area contributed by atoms with Gasteiger partial charge in [0.1, 0.15) is 0 Å². The zero-order valence-corrected chi connectivity index (χ0v) is 12.9. The summed E-state index contributed by atoms with van der Waals surface area (Å²) in [6.45, 7) is 4.98. The van der Waals surface area contributed by atoms with E-state index in [0.717, 1.165) is 0 Å². The zero-order valence-electron chi connectivity index (χ0n) is 12.9. The Morgan fingerprint density at radius 2 is 2.05 bits per heavy atom. The Kier molecular flexibility index (Phi) is 2.35. The van der Waals surface area contributed by atoms with Crippen LogP contribution < -0.4 is 0 Å². The summed E-state index contributed by atoms with van der Waals surface area (Å²) in [6, 6.07) is 9.57. The van der Waals surface area contributed by atoms with E-state index in [-0.39, 0.29) is 0 Å². The van der Waals surface area contributed by atoms with Crippen molar-refractivity contribution in [3.05, 3.63) is 29.8 Å². The number of aliphatic imine (C=N–C) groups is 1. The fraction of sp³-hybridized carbons (Fsp3) is 0.632. The smallest absolute Gasteiger partial charge is 0.0671 e. The Morgan fingerprint density at radius 1 is 1.14 bits per heavy atom. The molecule has 3 fully saturated rings. The van der Waals surface area contributed by atoms with Gasteiger partial charge in [-0.1, -0.05) is 25.1 Å². The molecule has 3 heterocycles. The zero-order chi connectivity index (χ0) is 14.1. The second-order valence-electron chi connectivity index (χ2n) is 7.60. The van der Waals surface area contributed by atoms with Gasteiger partial charge in [0.25, 0.3) is 0 Å². The molecule has 110 valence electrons. The van der Waals surface area contributed by atoms with Crippen molar-refractivity contribution in [3.8, 4) is 0 Å². The van der Waals surface area contributed by atoms with Gasteiger partial charge in [-0.15, -0.1) is 0 Å². The van der Waals surface area contributed by atoms with Crippen LogP contribution in [-0.4, -0.2) is 29.7 Å². The number of para-hydroxylation sites is 1. The maximum Gasteiger partial charge on any atom is 0.0671 e. The predicted molar refractivity (Wildman–Crippen MR) is 86.4 cm³/mol. The Bertz CT molecular complexity index is 634. The summed E-state index contributed by atoms with van der Waals surface area (Å²) in [5, 5.41) is 0. The monoisotopic (exact) mass is 280 g/mol. The van der Waals surface area contributed by atoms with Gasteiger partial charge in [0.2, 0.25) is 0 Å². The minimum Gasteiger partial charge on any atom is -0.294 e. The first-order valence-corrected chi connectivity index (χ1v) is 8.72. The highest BCUT2D eigenvalue weighted by Crippen LogP contribution is 2.60. The van der Waals surface area contributed by atoms with Crippen molar-refractivity contribution in [2.75, 3.05) is 13.1 Å². The molecular weight excluding hydrogens is 256 g/mol. The molecule has 1 aromatic rings. The normalized spacial score (nSPS) is 40.4. The summed E-state index contributed by atoms with van der Waals surface area (Å²) >= 11 is 0. The summed E-state index contributed by atoms with van der Waals surface area (Å²) in [7, 11) is 0. The minimum absolute atomic E-state index is 0.299. The van der Waals surface area contributed by atoms with Crippen molar-refractivity contribution in [3.63, 3.8) is 0 Å². The van der Waals surface area contributed by atoms with Crippen molar-refractivity contribution in [2.45, 2.75) is 56.9 Å². The number of hydrogen-bond donors (Lipinski definition) is 0. The van der Waals surface area contributed by atoms with E-state index in [4.69, 9.17) is 4.99 Å². The first-order chi connectivity index (χ1) is 10.3. The molecule has 0 spiro atoms. The van der Waals surface area contributed by atoms with Crippen LogP contribution in [0.5, 0.6) is 0 Å². The molecule has 21 heavy (non-hydrogen) atoms. The average molecular weight is 280 g/mol. The Hall–Kier alpha value is -1.15. The van der Waals surface area contributed by atoms with Crippen molar-refractivity contribution in [1.82, 2.24) is 4.90 Å². The molecule has 0 radical (unpaired) electrons. The van der Waals surface area contributed by atoms with E-state index in [2.05, 4.69) is 36.1 Å². The van der Waals surface area contributed by atoms with Crippen LogP contribution >= 0.6 is 0 Å². The first kappa shape index (κ1) is 12.4. The maximum absolute atomic E-state index is 5.20. The maximum atomic E-state index is 5.20. The van der Waals surface area contributed by atoms with Gasteiger partial charge in [-0.2, -0.15) is 0 Å². The molecule has 3 aliphatic heterocycles. The van der Waals surface area contributed by atoms with Crippen LogP contribution in [0.1, 0.15) is 51.0 Å². The lowest BCUT2D eigenvalue weighted by Crippen LogP contribution is -2.67. The quantitative estimate of drug-likeness (QED) is 0.757. The lowest BCUT2D eigenvalue weighted by Gasteiger charge is -2.61. The number of fused-ring (bicyclic) bond motifs is 1. The van der Waals surface area contributed by atoms with Crippen LogP contribution in [0.3, 0.4) is 0 Å². The Labute approximate surface area is 127 Å². The Morgan fingerprint density at radius 3 is 2.95 bits per heavy atom. The molecule has 1 saturated carbocycles. The molecule has 2 saturated heterocycles. The van der Waals surface area contributed by atoms with Crippen molar-refractivity contribution < 1.29 is 0 Å². The van der Waals surface area contributed by atoms with Gasteiger partial charge < -0.3 is 0 Å². The van der Waals surface area contributed by atoms with E-state index in [0.29, 0.717) is 16.9 Å². The van der Waals surface area contributed by atoms with Crippen LogP contribution in [0.15, 0.2) is 29.3 Å². The van der Waals surface area contributed by atoms with Crippen LogP contribution in [0.4, 0.5) is 5.69 Å². The number of piperidine rings is 2. The molecule has 5 rings (SSSR count). The fourth-order valence-corrected chi connectivity index (χ4v) is 5.92. The van der Waals surface area contributed by atoms with Gasteiger partial charge in [-0.3, -0.25) is 9.89 Å². The molecule has 4 aliphatic rings. The van der Waals surface area contributed by atoms with Gasteiger partial charge in [0, 0.05) is 17.7 Å². The topological polar surface area (TPSA) is 15.6 Å². The van der Waals surface area contributed by atoms with Crippen LogP contribution in [0.2, 0.25) is 0 Å². The standard InChI is InChI=1S/C19H24N2/c1-2-18-8-5-12-21-13-11-19(10-9-18)14-6-3-4-7-15(14)20-16(19)17(18)21/h3-4,6-7,17H,2,5,8-13H2,1H3/t17-,18+,19+/m1/s1. The predicted octanol–water partition coefficient (Wildman–Crippen LogP) is 4.07. The van der Waals surface area contributed by atoms with Crippen molar-refractivity contribution in [2.24, 2.45) is 10.4 Å². The second-order valence-corrected chi connectivity index (χ2v) is 7.60. The number of nitrogens with zero attached hydrogens (tertiary/aromatic N) is 2. The highest BCUT2D eigenvalue weighted by molar-refractivity contribution is 6.07. The van der Waals surface area contributed by atoms with E-state index >= 15 is 0 Å². The molecule has 3 atom stereocenters. The summed E-state index contributed by atoms with van der Waals surface area (Å²) in [4.78, 5) is 7.97. The summed E-state index contributed by atoms with van der Waals surface area (Å²) in [6.07, 6.45) is 8.14. The largest absolute Gasteiger partial charge is 0.294 e. The average Bonchev–Trinajstić information content (AvgIpc) is 2.89. The van der Waals surface area contributed by atoms with E-state index in [1.807, 2.05) is 0 Å². The minimum atomic E-state index is 0.299. The molecule has 1 aromatic carbocycles. The lowest BCUT2D eigenvalue weighted by molar-refractivity contribution is -0.00584. The molecule has 2 bridgehead atoms. The number of hydrogen-bond acceptors (Lipinski definition) is 2. The van der Waals surface area contributed by atoms with Gasteiger partial charge in [-0.25, -0.2) is 0 Å². The van der Waals surface area contributed by atoms with E-state index in [1.54, 1.807) is 5.71 Å². The number of rotatable bonds is 1. The van der Waals surface area contributed by atoms with E-state index in [9.17, 15) is 0 Å². The number of benzene rings is 1. The summed E-state index contributed by atoms with van der Waals surface area (Å²) < 4.78 is 0. The highest BCUT2D eigenvalue weighted by Gasteiger charge is 2.60. The Balaban J connectivity index is 1.72. The van der Waals surface area contributed by atoms with Crippen molar-refractivity contribution in [1.29, 1.82) is 0 Å². The third kappa shape index (κ3) is 1.35. The van der Waals surface area contributed by atoms with Crippen LogP contribution in [0, 0.1) is 5.41 Å². The molecular formula is C19H24N2. The third-order valence-corrected chi connectivity index (χ3v) is 7.05. The summed E-state index contributed by atoms with van der Waals surface area (Å²) in [5.41, 5.74) is 5.17. The molecule has 0 N–H and O–H groups in total. The SMILES string of the molecule is CC[C@]12CCCN3CC[C@]4(CC1)C(=Nc1ccccc14)[C@@H]32. The van der Waals surface area contributed by atoms with Gasteiger partial charge in [0.15, 0.2) is 0 Å². The van der Waals surface area contributed by atoms with E-state index < -0.39 is 0 Å². The lowest BCUT2D eigenvalue weighted by atomic mass is 9.52. The molecule has 1 aliphatic carbocycles. The molecule has 2 heteroatoms. The van der Waals surface area contributed by atoms with Gasteiger partial charge in [0.05, 0.1) is 11.7 Å². The fourth-order valence-electron chi connectivity index (χ4n) is 5.92. The van der Waals surface area contributed by atoms with Gasteiger partial charge >= 0.3 is 0 Å². The van der Waals surface area contributed by atoms with Crippen molar-refractivity contribution >= 4 is 11.4 Å². The molecule has 0 aromatic heterocycles. The molecule has 0 amide bonds.